The van der Waals surface area contributed by atoms with Gasteiger partial charge in [-0.1, -0.05) is 12.8 Å². The normalized spacial score (nSPS) is 18.8. The summed E-state index contributed by atoms with van der Waals surface area (Å²) < 4.78 is 22.9. The van der Waals surface area contributed by atoms with Crippen LogP contribution in [0.1, 0.15) is 37.3 Å². The second-order valence-corrected chi connectivity index (χ2v) is 6.93. The molecule has 0 spiro atoms. The summed E-state index contributed by atoms with van der Waals surface area (Å²) in [6.07, 6.45) is 4.51. The van der Waals surface area contributed by atoms with Gasteiger partial charge in [-0.2, -0.15) is 0 Å². The Labute approximate surface area is 123 Å². The third kappa shape index (κ3) is 3.52. The van der Waals surface area contributed by atoms with E-state index in [2.05, 4.69) is 0 Å². The molecule has 2 unspecified atom stereocenters. The predicted octanol–water partition coefficient (Wildman–Crippen LogP) is 2.39. The first-order valence-electron chi connectivity index (χ1n) is 7.00. The molecule has 0 saturated heterocycles. The fourth-order valence-electron chi connectivity index (χ4n) is 2.68. The smallest absolute Gasteiger partial charge is 0.123 e. The van der Waals surface area contributed by atoms with Gasteiger partial charge in [-0.15, -0.1) is 0 Å². The van der Waals surface area contributed by atoms with E-state index in [0.29, 0.717) is 11.0 Å². The van der Waals surface area contributed by atoms with Crippen LogP contribution in [0, 0.1) is 0 Å². The fraction of sp³-hybridized carbons (Fsp3) is 0.600. The molecule has 0 aliphatic heterocycles. The van der Waals surface area contributed by atoms with Crippen LogP contribution in [0.3, 0.4) is 0 Å². The van der Waals surface area contributed by atoms with Crippen LogP contribution < -0.4 is 15.2 Å². The van der Waals surface area contributed by atoms with Crippen LogP contribution in [0.25, 0.3) is 0 Å². The highest BCUT2D eigenvalue weighted by Gasteiger charge is 2.24. The van der Waals surface area contributed by atoms with Gasteiger partial charge in [0.05, 0.1) is 14.2 Å². The van der Waals surface area contributed by atoms with E-state index in [0.717, 1.165) is 29.9 Å². The molecular weight excluding hydrogens is 274 g/mol. The van der Waals surface area contributed by atoms with Gasteiger partial charge in [0.2, 0.25) is 0 Å². The Balaban J connectivity index is 2.10. The zero-order valence-electron chi connectivity index (χ0n) is 12.1. The summed E-state index contributed by atoms with van der Waals surface area (Å²) in [5.41, 5.74) is 7.09. The Morgan fingerprint density at radius 1 is 1.30 bits per heavy atom. The Hall–Kier alpha value is -1.07. The highest BCUT2D eigenvalue weighted by molar-refractivity contribution is 7.85. The lowest BCUT2D eigenvalue weighted by Crippen LogP contribution is -2.24. The van der Waals surface area contributed by atoms with Crippen LogP contribution in [0.5, 0.6) is 11.5 Å². The Bertz CT molecular complexity index is 472. The van der Waals surface area contributed by atoms with Gasteiger partial charge < -0.3 is 15.2 Å². The third-order valence-corrected chi connectivity index (χ3v) is 5.76. The first-order valence-corrected chi connectivity index (χ1v) is 8.38. The molecule has 2 rings (SSSR count). The van der Waals surface area contributed by atoms with Crippen LogP contribution >= 0.6 is 0 Å². The molecule has 0 radical (unpaired) electrons. The fourth-order valence-corrected chi connectivity index (χ4v) is 4.35. The maximum absolute atomic E-state index is 12.3. The van der Waals surface area contributed by atoms with E-state index in [1.165, 1.54) is 12.8 Å². The predicted molar refractivity (Wildman–Crippen MR) is 81.7 cm³/mol. The van der Waals surface area contributed by atoms with Crippen LogP contribution in [-0.4, -0.2) is 29.4 Å². The number of rotatable bonds is 6. The van der Waals surface area contributed by atoms with Crippen molar-refractivity contribution in [1.29, 1.82) is 0 Å². The second-order valence-electron chi connectivity index (χ2n) is 5.17. The standard InChI is InChI=1S/C15H23NO3S/c1-18-11-7-8-15(19-2)13(9-11)14(16)10-20(17)12-5-3-4-6-12/h7-9,12,14H,3-6,10,16H2,1-2H3. The summed E-state index contributed by atoms with van der Waals surface area (Å²) in [5, 5.41) is 0.317. The average molecular weight is 297 g/mol. The highest BCUT2D eigenvalue weighted by Crippen LogP contribution is 2.30. The van der Waals surface area contributed by atoms with Crippen LogP contribution in [0.2, 0.25) is 0 Å². The van der Waals surface area contributed by atoms with Crippen molar-refractivity contribution in [2.45, 2.75) is 37.0 Å². The van der Waals surface area contributed by atoms with Crippen LogP contribution in [-0.2, 0) is 10.8 Å². The quantitative estimate of drug-likeness (QED) is 0.876. The first-order chi connectivity index (χ1) is 9.65. The summed E-state index contributed by atoms with van der Waals surface area (Å²) >= 11 is 0. The number of benzene rings is 1. The number of methoxy groups -OCH3 is 2. The molecule has 1 aliphatic rings. The van der Waals surface area contributed by atoms with E-state index in [4.69, 9.17) is 15.2 Å². The van der Waals surface area contributed by atoms with Crippen molar-refractivity contribution in [3.8, 4) is 11.5 Å². The number of hydrogen-bond donors (Lipinski definition) is 1. The summed E-state index contributed by atoms with van der Waals surface area (Å²) in [7, 11) is 2.37. The Kier molecular flexibility index (Phi) is 5.43. The molecular formula is C15H23NO3S. The van der Waals surface area contributed by atoms with Crippen molar-refractivity contribution in [3.05, 3.63) is 23.8 Å². The zero-order chi connectivity index (χ0) is 14.5. The van der Waals surface area contributed by atoms with E-state index in [-0.39, 0.29) is 6.04 Å². The minimum absolute atomic E-state index is 0.290. The summed E-state index contributed by atoms with van der Waals surface area (Å²) in [6.45, 7) is 0. The molecule has 1 saturated carbocycles. The molecule has 1 fully saturated rings. The molecule has 20 heavy (non-hydrogen) atoms. The van der Waals surface area contributed by atoms with Crippen molar-refractivity contribution >= 4 is 10.8 Å². The molecule has 0 heterocycles. The number of hydrogen-bond acceptors (Lipinski definition) is 4. The topological polar surface area (TPSA) is 61.6 Å². The zero-order valence-corrected chi connectivity index (χ0v) is 12.9. The van der Waals surface area contributed by atoms with Crippen molar-refractivity contribution < 1.29 is 13.7 Å². The third-order valence-electron chi connectivity index (χ3n) is 3.85. The minimum atomic E-state index is -0.866. The molecule has 0 amide bonds. The first kappa shape index (κ1) is 15.3. The molecule has 2 N–H and O–H groups in total. The monoisotopic (exact) mass is 297 g/mol. The lowest BCUT2D eigenvalue weighted by Gasteiger charge is -2.18. The van der Waals surface area contributed by atoms with Crippen LogP contribution in [0.15, 0.2) is 18.2 Å². The van der Waals surface area contributed by atoms with Crippen LogP contribution in [0.4, 0.5) is 0 Å². The Morgan fingerprint density at radius 2 is 2.00 bits per heavy atom. The highest BCUT2D eigenvalue weighted by atomic mass is 32.2. The summed E-state index contributed by atoms with van der Waals surface area (Å²) in [4.78, 5) is 0. The van der Waals surface area contributed by atoms with Gasteiger partial charge in [-0.05, 0) is 31.0 Å². The van der Waals surface area contributed by atoms with Gasteiger partial charge in [0, 0.05) is 33.4 Å². The molecule has 1 aliphatic carbocycles. The largest absolute Gasteiger partial charge is 0.497 e. The van der Waals surface area contributed by atoms with Gasteiger partial charge in [0.15, 0.2) is 0 Å². The van der Waals surface area contributed by atoms with E-state index in [1.807, 2.05) is 18.2 Å². The van der Waals surface area contributed by atoms with Gasteiger partial charge in [0.1, 0.15) is 11.5 Å². The van der Waals surface area contributed by atoms with E-state index >= 15 is 0 Å². The molecule has 4 nitrogen and oxygen atoms in total. The van der Waals surface area contributed by atoms with E-state index < -0.39 is 10.8 Å². The van der Waals surface area contributed by atoms with Gasteiger partial charge in [-0.25, -0.2) is 0 Å². The summed E-state index contributed by atoms with van der Waals surface area (Å²) in [5.74, 6) is 1.94. The molecule has 5 heteroatoms. The maximum Gasteiger partial charge on any atom is 0.123 e. The van der Waals surface area contributed by atoms with Gasteiger partial charge in [-0.3, -0.25) is 4.21 Å². The maximum atomic E-state index is 12.3. The SMILES string of the molecule is COc1ccc(OC)c(C(N)CS(=O)C2CCCC2)c1. The second kappa shape index (κ2) is 7.09. The van der Waals surface area contributed by atoms with Crippen molar-refractivity contribution in [2.24, 2.45) is 5.73 Å². The lowest BCUT2D eigenvalue weighted by atomic mass is 10.1. The van der Waals surface area contributed by atoms with Gasteiger partial charge >= 0.3 is 0 Å². The molecule has 0 aromatic heterocycles. The number of nitrogens with two attached hydrogens (primary N) is 1. The average Bonchev–Trinajstić information content (AvgIpc) is 3.00. The molecule has 2 atom stereocenters. The summed E-state index contributed by atoms with van der Waals surface area (Å²) in [6, 6.07) is 5.26. The molecule has 112 valence electrons. The molecule has 1 aromatic carbocycles. The molecule has 1 aromatic rings. The molecule has 0 bridgehead atoms. The Morgan fingerprint density at radius 3 is 2.60 bits per heavy atom. The van der Waals surface area contributed by atoms with E-state index in [1.54, 1.807) is 14.2 Å². The van der Waals surface area contributed by atoms with Crippen molar-refractivity contribution in [3.63, 3.8) is 0 Å². The van der Waals surface area contributed by atoms with Gasteiger partial charge in [0.25, 0.3) is 0 Å². The number of ether oxygens (including phenoxy) is 2. The minimum Gasteiger partial charge on any atom is -0.497 e. The lowest BCUT2D eigenvalue weighted by molar-refractivity contribution is 0.396. The van der Waals surface area contributed by atoms with Crippen molar-refractivity contribution in [2.75, 3.05) is 20.0 Å². The van der Waals surface area contributed by atoms with E-state index in [9.17, 15) is 4.21 Å². The van der Waals surface area contributed by atoms with Crippen molar-refractivity contribution in [1.82, 2.24) is 0 Å².